The van der Waals surface area contributed by atoms with Gasteiger partial charge in [-0.25, -0.2) is 13.1 Å². The monoisotopic (exact) mass is 338 g/mol. The lowest BCUT2D eigenvalue weighted by molar-refractivity contribution is 0.0774. The molecule has 7 heteroatoms. The summed E-state index contributed by atoms with van der Waals surface area (Å²) in [6, 6.07) is 5.99. The van der Waals surface area contributed by atoms with Crippen molar-refractivity contribution in [1.29, 1.82) is 0 Å². The van der Waals surface area contributed by atoms with Crippen LogP contribution in [0.4, 0.5) is 0 Å². The summed E-state index contributed by atoms with van der Waals surface area (Å²) >= 11 is 0. The summed E-state index contributed by atoms with van der Waals surface area (Å²) in [5.74, 6) is -0.0277. The number of sulfonamides is 1. The molecule has 1 aromatic rings. The largest absolute Gasteiger partial charge is 0.380 e. The standard InChI is InChI=1S/C16H22N2O4S/c19-16(18-9-1-2-10-18)13-5-7-15(8-6-13)23(20,21)17-14-4-3-11-22-12-14/h5-8,14,17H,1-4,9-12H2. The first-order chi connectivity index (χ1) is 11.1. The van der Waals surface area contributed by atoms with Crippen molar-refractivity contribution < 1.29 is 17.9 Å². The van der Waals surface area contributed by atoms with E-state index in [1.807, 2.05) is 0 Å². The SMILES string of the molecule is O=C(c1ccc(S(=O)(=O)NC2CCCOC2)cc1)N1CCCC1. The van der Waals surface area contributed by atoms with Crippen LogP contribution in [0.1, 0.15) is 36.0 Å². The Bertz CT molecular complexity index is 645. The number of carbonyl (C=O) groups is 1. The molecule has 1 aromatic carbocycles. The van der Waals surface area contributed by atoms with Gasteiger partial charge < -0.3 is 9.64 Å². The van der Waals surface area contributed by atoms with E-state index in [4.69, 9.17) is 4.74 Å². The van der Waals surface area contributed by atoms with Gasteiger partial charge in [-0.15, -0.1) is 0 Å². The van der Waals surface area contributed by atoms with Crippen molar-refractivity contribution in [3.63, 3.8) is 0 Å². The van der Waals surface area contributed by atoms with Gasteiger partial charge in [0.15, 0.2) is 0 Å². The predicted octanol–water partition coefficient (Wildman–Crippen LogP) is 1.38. The summed E-state index contributed by atoms with van der Waals surface area (Å²) in [5, 5.41) is 0. The second-order valence-corrected chi connectivity index (χ2v) is 7.77. The minimum atomic E-state index is -3.58. The van der Waals surface area contributed by atoms with Gasteiger partial charge in [0.1, 0.15) is 0 Å². The van der Waals surface area contributed by atoms with Gasteiger partial charge in [-0.3, -0.25) is 4.79 Å². The lowest BCUT2D eigenvalue weighted by Crippen LogP contribution is -2.40. The molecule has 2 aliphatic heterocycles. The van der Waals surface area contributed by atoms with Crippen LogP contribution < -0.4 is 4.72 Å². The van der Waals surface area contributed by atoms with E-state index >= 15 is 0 Å². The number of likely N-dealkylation sites (tertiary alicyclic amines) is 1. The summed E-state index contributed by atoms with van der Waals surface area (Å²) in [7, 11) is -3.58. The fourth-order valence-corrected chi connectivity index (χ4v) is 4.26. The van der Waals surface area contributed by atoms with Gasteiger partial charge >= 0.3 is 0 Å². The highest BCUT2D eigenvalue weighted by Crippen LogP contribution is 2.17. The van der Waals surface area contributed by atoms with Crippen LogP contribution in [-0.4, -0.2) is 51.6 Å². The van der Waals surface area contributed by atoms with E-state index in [0.29, 0.717) is 18.8 Å². The topological polar surface area (TPSA) is 75.7 Å². The number of hydrogen-bond donors (Lipinski definition) is 1. The molecule has 0 aliphatic carbocycles. The summed E-state index contributed by atoms with van der Waals surface area (Å²) in [4.78, 5) is 14.3. The molecule has 1 atom stereocenters. The Morgan fingerprint density at radius 3 is 2.43 bits per heavy atom. The lowest BCUT2D eigenvalue weighted by Gasteiger charge is -2.23. The highest BCUT2D eigenvalue weighted by atomic mass is 32.2. The molecule has 0 saturated carbocycles. The van der Waals surface area contributed by atoms with Crippen LogP contribution in [-0.2, 0) is 14.8 Å². The molecule has 2 heterocycles. The number of rotatable bonds is 4. The van der Waals surface area contributed by atoms with Crippen LogP contribution in [0, 0.1) is 0 Å². The third kappa shape index (κ3) is 3.91. The zero-order valence-electron chi connectivity index (χ0n) is 13.0. The molecule has 6 nitrogen and oxygen atoms in total. The highest BCUT2D eigenvalue weighted by molar-refractivity contribution is 7.89. The van der Waals surface area contributed by atoms with Crippen molar-refractivity contribution in [3.05, 3.63) is 29.8 Å². The molecule has 2 fully saturated rings. The van der Waals surface area contributed by atoms with Gasteiger partial charge in [0, 0.05) is 31.3 Å². The van der Waals surface area contributed by atoms with Crippen molar-refractivity contribution >= 4 is 15.9 Å². The molecule has 1 unspecified atom stereocenters. The van der Waals surface area contributed by atoms with Crippen LogP contribution in [0.5, 0.6) is 0 Å². The molecule has 23 heavy (non-hydrogen) atoms. The third-order valence-corrected chi connectivity index (χ3v) is 5.82. The van der Waals surface area contributed by atoms with Crippen molar-refractivity contribution in [2.75, 3.05) is 26.3 Å². The van der Waals surface area contributed by atoms with Crippen molar-refractivity contribution in [2.24, 2.45) is 0 Å². The molecular formula is C16H22N2O4S. The van der Waals surface area contributed by atoms with Crippen LogP contribution in [0.25, 0.3) is 0 Å². The molecule has 0 aromatic heterocycles. The molecule has 0 bridgehead atoms. The molecule has 2 saturated heterocycles. The minimum absolute atomic E-state index is 0.0277. The average molecular weight is 338 g/mol. The molecule has 1 N–H and O–H groups in total. The number of ether oxygens (including phenoxy) is 1. The van der Waals surface area contributed by atoms with E-state index in [1.165, 1.54) is 12.1 Å². The van der Waals surface area contributed by atoms with Gasteiger partial charge in [0.2, 0.25) is 10.0 Å². The first-order valence-electron chi connectivity index (χ1n) is 8.06. The summed E-state index contributed by atoms with van der Waals surface area (Å²) in [5.41, 5.74) is 0.534. The number of hydrogen-bond acceptors (Lipinski definition) is 4. The van der Waals surface area contributed by atoms with Gasteiger partial charge in [0.05, 0.1) is 11.5 Å². The van der Waals surface area contributed by atoms with Gasteiger partial charge in [-0.2, -0.15) is 0 Å². The van der Waals surface area contributed by atoms with Crippen molar-refractivity contribution in [1.82, 2.24) is 9.62 Å². The van der Waals surface area contributed by atoms with Crippen LogP contribution in [0.2, 0.25) is 0 Å². The summed E-state index contributed by atoms with van der Waals surface area (Å²) < 4.78 is 32.7. The maximum Gasteiger partial charge on any atom is 0.253 e. The second kappa shape index (κ2) is 6.98. The molecule has 126 valence electrons. The zero-order chi connectivity index (χ0) is 16.3. The Kier molecular flexibility index (Phi) is 4.99. The number of nitrogens with zero attached hydrogens (tertiary/aromatic N) is 1. The van der Waals surface area contributed by atoms with Gasteiger partial charge in [-0.1, -0.05) is 0 Å². The number of amides is 1. The van der Waals surface area contributed by atoms with Crippen LogP contribution in [0.3, 0.4) is 0 Å². The van der Waals surface area contributed by atoms with Crippen LogP contribution in [0.15, 0.2) is 29.2 Å². The van der Waals surface area contributed by atoms with Gasteiger partial charge in [-0.05, 0) is 49.9 Å². The predicted molar refractivity (Wildman–Crippen MR) is 85.7 cm³/mol. The smallest absolute Gasteiger partial charge is 0.253 e. The van der Waals surface area contributed by atoms with E-state index < -0.39 is 10.0 Å². The minimum Gasteiger partial charge on any atom is -0.380 e. The Morgan fingerprint density at radius 1 is 1.13 bits per heavy atom. The quantitative estimate of drug-likeness (QED) is 0.900. The molecule has 0 radical (unpaired) electrons. The second-order valence-electron chi connectivity index (χ2n) is 6.06. The normalized spacial score (nSPS) is 22.3. The average Bonchev–Trinajstić information content (AvgIpc) is 3.09. The molecule has 1 amide bonds. The maximum absolute atomic E-state index is 12.4. The molecular weight excluding hydrogens is 316 g/mol. The fraction of sp³-hybridized carbons (Fsp3) is 0.562. The lowest BCUT2D eigenvalue weighted by atomic mass is 10.1. The number of benzene rings is 1. The molecule has 2 aliphatic rings. The fourth-order valence-electron chi connectivity index (χ4n) is 3.00. The van der Waals surface area contributed by atoms with E-state index in [-0.39, 0.29) is 16.8 Å². The summed E-state index contributed by atoms with van der Waals surface area (Å²) in [6.07, 6.45) is 3.71. The Labute approximate surface area is 136 Å². The summed E-state index contributed by atoms with van der Waals surface area (Å²) in [6.45, 7) is 2.65. The first kappa shape index (κ1) is 16.4. The number of carbonyl (C=O) groups excluding carboxylic acids is 1. The zero-order valence-corrected chi connectivity index (χ0v) is 13.8. The Balaban J connectivity index is 1.69. The number of nitrogens with one attached hydrogen (secondary N) is 1. The van der Waals surface area contributed by atoms with E-state index in [0.717, 1.165) is 38.8 Å². The Hall–Kier alpha value is -1.44. The maximum atomic E-state index is 12.4. The van der Waals surface area contributed by atoms with E-state index in [2.05, 4.69) is 4.72 Å². The third-order valence-electron chi connectivity index (χ3n) is 4.29. The van der Waals surface area contributed by atoms with Crippen molar-refractivity contribution in [3.8, 4) is 0 Å². The Morgan fingerprint density at radius 2 is 1.83 bits per heavy atom. The van der Waals surface area contributed by atoms with Crippen LogP contribution >= 0.6 is 0 Å². The molecule has 0 spiro atoms. The van der Waals surface area contributed by atoms with Crippen molar-refractivity contribution in [2.45, 2.75) is 36.6 Å². The van der Waals surface area contributed by atoms with Gasteiger partial charge in [0.25, 0.3) is 5.91 Å². The highest BCUT2D eigenvalue weighted by Gasteiger charge is 2.23. The molecule has 3 rings (SSSR count). The van der Waals surface area contributed by atoms with E-state index in [1.54, 1.807) is 17.0 Å². The van der Waals surface area contributed by atoms with E-state index in [9.17, 15) is 13.2 Å². The first-order valence-corrected chi connectivity index (χ1v) is 9.54.